The van der Waals surface area contributed by atoms with Crippen LogP contribution in [0.3, 0.4) is 0 Å². The maximum absolute atomic E-state index is 11.9. The van der Waals surface area contributed by atoms with Crippen LogP contribution in [0.15, 0.2) is 0 Å². The van der Waals surface area contributed by atoms with Crippen molar-refractivity contribution in [3.05, 3.63) is 0 Å². The average Bonchev–Trinajstić information content (AvgIpc) is 2.46. The third-order valence-corrected chi connectivity index (χ3v) is 3.58. The first-order valence-electron chi connectivity index (χ1n) is 6.95. The van der Waals surface area contributed by atoms with E-state index in [2.05, 4.69) is 0 Å². The Balaban J connectivity index is 5.08. The lowest BCUT2D eigenvalue weighted by Gasteiger charge is -2.27. The second-order valence-corrected chi connectivity index (χ2v) is 5.44. The summed E-state index contributed by atoms with van der Waals surface area (Å²) in [6, 6.07) is 0. The molecule has 0 heterocycles. The van der Waals surface area contributed by atoms with Gasteiger partial charge in [0.05, 0.1) is 23.9 Å². The summed E-state index contributed by atoms with van der Waals surface area (Å²) in [6.07, 6.45) is -2.68. The first kappa shape index (κ1) is 22.0. The van der Waals surface area contributed by atoms with Gasteiger partial charge in [0.15, 0.2) is 0 Å². The topological polar surface area (TPSA) is 218 Å². The van der Waals surface area contributed by atoms with Gasteiger partial charge >= 0.3 is 0 Å². The minimum absolute atomic E-state index is 0.742. The lowest BCUT2D eigenvalue weighted by atomic mass is 9.85. The summed E-state index contributed by atoms with van der Waals surface area (Å²) in [7, 11) is 0. The molecule has 0 fully saturated rings. The zero-order valence-electron chi connectivity index (χ0n) is 12.9. The average molecular weight is 357 g/mol. The molecular weight excluding hydrogens is 344 g/mol. The molecule has 25 heavy (non-hydrogen) atoms. The number of rotatable bonds is 12. The van der Waals surface area contributed by atoms with Gasteiger partial charge in [-0.1, -0.05) is 6.92 Å². The van der Waals surface area contributed by atoms with Crippen molar-refractivity contribution in [1.82, 2.24) is 0 Å². The van der Waals surface area contributed by atoms with E-state index in [0.717, 1.165) is 6.92 Å². The number of carbonyl (C=O) groups is 6. The van der Waals surface area contributed by atoms with Crippen LogP contribution in [-0.4, -0.2) is 35.6 Å². The summed E-state index contributed by atoms with van der Waals surface area (Å²) in [5, 5.41) is 53.5. The van der Waals surface area contributed by atoms with Crippen molar-refractivity contribution in [3.63, 3.8) is 0 Å². The van der Waals surface area contributed by atoms with Crippen LogP contribution in [0, 0.1) is 23.7 Å². The molecule has 0 aliphatic heterocycles. The van der Waals surface area contributed by atoms with Crippen LogP contribution in [0.2, 0.25) is 0 Å². The maximum Gasteiger partial charge on any atom is 0.136 e. The van der Waals surface area contributed by atoms with Gasteiger partial charge in [-0.2, -0.15) is 0 Å². The molecule has 0 bridgehead atoms. The highest BCUT2D eigenvalue weighted by molar-refractivity contribution is 5.93. The fourth-order valence-corrected chi connectivity index (χ4v) is 2.05. The fourth-order valence-electron chi connectivity index (χ4n) is 2.05. The normalized spacial score (nSPS) is 13.2. The Morgan fingerprint density at radius 1 is 0.640 bits per heavy atom. The molecule has 140 valence electrons. The van der Waals surface area contributed by atoms with E-state index in [1.54, 1.807) is 0 Å². The van der Waals surface area contributed by atoms with Gasteiger partial charge in [-0.3, -0.25) is 4.79 Å². The van der Waals surface area contributed by atoms with Crippen molar-refractivity contribution < 1.29 is 54.3 Å². The molecule has 0 aliphatic carbocycles. The zero-order valence-corrected chi connectivity index (χ0v) is 12.9. The number of carboxylic acid groups (broad SMARTS) is 5. The van der Waals surface area contributed by atoms with Crippen LogP contribution in [0.4, 0.5) is 0 Å². The van der Waals surface area contributed by atoms with E-state index >= 15 is 0 Å². The molecule has 0 N–H and O–H groups in total. The molecular formula is C14H13O11-5. The van der Waals surface area contributed by atoms with Crippen LogP contribution >= 0.6 is 0 Å². The van der Waals surface area contributed by atoms with Crippen molar-refractivity contribution in [2.24, 2.45) is 23.7 Å². The number of hydrogen-bond acceptors (Lipinski definition) is 11. The molecule has 0 spiro atoms. The number of aliphatic carboxylic acids is 5. The zero-order chi connectivity index (χ0) is 19.9. The second-order valence-electron chi connectivity index (χ2n) is 5.44. The number of ketones is 1. The molecule has 11 nitrogen and oxygen atoms in total. The largest absolute Gasteiger partial charge is 0.550 e. The van der Waals surface area contributed by atoms with Crippen molar-refractivity contribution in [3.8, 4) is 0 Å². The molecule has 0 radical (unpaired) electrons. The molecule has 0 aromatic carbocycles. The van der Waals surface area contributed by atoms with Gasteiger partial charge in [0.2, 0.25) is 0 Å². The molecule has 0 aromatic rings. The first-order valence-corrected chi connectivity index (χ1v) is 6.95. The number of carbonyl (C=O) groups excluding carboxylic acids is 6. The summed E-state index contributed by atoms with van der Waals surface area (Å²) >= 11 is 0. The van der Waals surface area contributed by atoms with E-state index in [-0.39, 0.29) is 0 Å². The lowest BCUT2D eigenvalue weighted by molar-refractivity contribution is -0.335. The highest BCUT2D eigenvalue weighted by Gasteiger charge is 2.26. The number of carboxylic acids is 5. The summed E-state index contributed by atoms with van der Waals surface area (Å²) in [5.41, 5.74) is 0. The summed E-state index contributed by atoms with van der Waals surface area (Å²) in [4.78, 5) is 65.4. The Hall–Kier alpha value is -2.98. The van der Waals surface area contributed by atoms with Gasteiger partial charge < -0.3 is 49.5 Å². The molecule has 2 atom stereocenters. The minimum Gasteiger partial charge on any atom is -0.550 e. The van der Waals surface area contributed by atoms with E-state index in [1.165, 1.54) is 0 Å². The molecule has 0 saturated carbocycles. The predicted octanol–water partition coefficient (Wildman–Crippen LogP) is -7.04. The lowest BCUT2D eigenvalue weighted by Crippen LogP contribution is -2.46. The monoisotopic (exact) mass is 357 g/mol. The number of hydrogen-bond donors (Lipinski definition) is 0. The van der Waals surface area contributed by atoms with Crippen LogP contribution in [-0.2, 0) is 28.8 Å². The Kier molecular flexibility index (Phi) is 8.23. The van der Waals surface area contributed by atoms with Crippen LogP contribution in [0.1, 0.15) is 26.2 Å². The highest BCUT2D eigenvalue weighted by Crippen LogP contribution is 2.21. The molecule has 0 aromatic heterocycles. The third kappa shape index (κ3) is 6.97. The van der Waals surface area contributed by atoms with E-state index in [1.807, 2.05) is 0 Å². The van der Waals surface area contributed by atoms with Gasteiger partial charge in [0.1, 0.15) is 5.78 Å². The van der Waals surface area contributed by atoms with E-state index in [4.69, 9.17) is 0 Å². The molecule has 0 rings (SSSR count). The smallest absolute Gasteiger partial charge is 0.136 e. The van der Waals surface area contributed by atoms with Crippen LogP contribution < -0.4 is 25.5 Å². The van der Waals surface area contributed by atoms with E-state index in [9.17, 15) is 54.3 Å². The molecule has 0 amide bonds. The quantitative estimate of drug-likeness (QED) is 0.299. The first-order chi connectivity index (χ1) is 11.4. The Labute approximate surface area is 140 Å². The standard InChI is InChI=1S/C14H18O11/c1-5(2-7(11(18)19)12(20)21)9(15)4-6(10(16)17)3-8(13(22)23)14(24)25/h5-8H,2-4H2,1H3,(H,16,17)(H,18,19)(H,20,21)(H,22,23)(H,24,25)/p-5. The highest BCUT2D eigenvalue weighted by atomic mass is 16.4. The molecule has 11 heteroatoms. The summed E-state index contributed by atoms with van der Waals surface area (Å²) in [6.45, 7) is 1.11. The van der Waals surface area contributed by atoms with Crippen molar-refractivity contribution in [1.29, 1.82) is 0 Å². The summed E-state index contributed by atoms with van der Waals surface area (Å²) in [5.74, 6) is -18.6. The number of Topliss-reactive ketones (excluding diaryl/α,β-unsaturated/α-hetero) is 1. The van der Waals surface area contributed by atoms with Crippen LogP contribution in [0.25, 0.3) is 0 Å². The molecule has 0 saturated heterocycles. The van der Waals surface area contributed by atoms with Crippen LogP contribution in [0.5, 0.6) is 0 Å². The van der Waals surface area contributed by atoms with Crippen molar-refractivity contribution >= 4 is 35.6 Å². The fraction of sp³-hybridized carbons (Fsp3) is 0.571. The van der Waals surface area contributed by atoms with Gasteiger partial charge in [-0.05, 0) is 12.8 Å². The van der Waals surface area contributed by atoms with E-state index in [0.29, 0.717) is 0 Å². The van der Waals surface area contributed by atoms with Gasteiger partial charge in [-0.15, -0.1) is 0 Å². The van der Waals surface area contributed by atoms with Crippen molar-refractivity contribution in [2.45, 2.75) is 26.2 Å². The van der Waals surface area contributed by atoms with Gasteiger partial charge in [0, 0.05) is 36.1 Å². The third-order valence-electron chi connectivity index (χ3n) is 3.58. The summed E-state index contributed by atoms with van der Waals surface area (Å²) < 4.78 is 0. The maximum atomic E-state index is 11.9. The van der Waals surface area contributed by atoms with E-state index < -0.39 is 78.6 Å². The Morgan fingerprint density at radius 3 is 1.32 bits per heavy atom. The Bertz CT molecular complexity index is 551. The minimum atomic E-state index is -2.30. The Morgan fingerprint density at radius 2 is 1.00 bits per heavy atom. The molecule has 0 aliphatic rings. The van der Waals surface area contributed by atoms with Gasteiger partial charge in [0.25, 0.3) is 0 Å². The van der Waals surface area contributed by atoms with Gasteiger partial charge in [-0.25, -0.2) is 0 Å². The van der Waals surface area contributed by atoms with Crippen molar-refractivity contribution in [2.75, 3.05) is 0 Å². The SMILES string of the molecule is CC(CC(C(=O)[O-])C(=O)[O-])C(=O)CC(CC(C(=O)[O-])C(=O)[O-])C(=O)[O-]. The second kappa shape index (κ2) is 9.35. The molecule has 2 unspecified atom stereocenters. The predicted molar refractivity (Wildman–Crippen MR) is 63.5 cm³/mol.